The Morgan fingerprint density at radius 1 is 1.16 bits per heavy atom. The van der Waals surface area contributed by atoms with Gasteiger partial charge in [-0.15, -0.1) is 0 Å². The van der Waals surface area contributed by atoms with Gasteiger partial charge in [-0.05, 0) is 43.4 Å². The number of carbonyl (C=O) groups is 2. The van der Waals surface area contributed by atoms with Crippen molar-refractivity contribution in [2.45, 2.75) is 51.6 Å². The molecule has 11 heteroatoms. The highest BCUT2D eigenvalue weighted by Gasteiger charge is 3.05. The van der Waals surface area contributed by atoms with Gasteiger partial charge in [0.2, 0.25) is 3.79 Å². The first kappa shape index (κ1) is 25.4. The van der Waals surface area contributed by atoms with Crippen LogP contribution in [0.25, 0.3) is 0 Å². The molecule has 1 saturated heterocycles. The minimum atomic E-state index is -4.08. The molecule has 7 nitrogen and oxygen atoms in total. The number of fused-ring (bicyclic) bond motifs is 4. The maximum atomic E-state index is 14.6. The number of ether oxygens (including phenoxy) is 2. The number of esters is 1. The first-order valence-corrected chi connectivity index (χ1v) is 14.8. The zero-order valence-electron chi connectivity index (χ0n) is 19.8. The number of benzene rings is 1. The number of hydrogen-bond acceptors (Lipinski definition) is 6. The maximum absolute atomic E-state index is 14.6. The van der Waals surface area contributed by atoms with Crippen LogP contribution in [0.15, 0.2) is 65.9 Å². The van der Waals surface area contributed by atoms with Crippen LogP contribution in [0.1, 0.15) is 31.7 Å². The highest BCUT2D eigenvalue weighted by molar-refractivity contribution is 7.94. The average Bonchev–Trinajstić information content (AvgIpc) is 3.72. The lowest BCUT2D eigenvalue weighted by Gasteiger charge is -2.51. The van der Waals surface area contributed by atoms with E-state index in [2.05, 4.69) is 6.08 Å². The summed E-state index contributed by atoms with van der Waals surface area (Å²) >= 11 is 17.3. The van der Waals surface area contributed by atoms with Crippen LogP contribution < -0.4 is 0 Å². The summed E-state index contributed by atoms with van der Waals surface area (Å²) in [6.07, 6.45) is 8.61. The Balaban J connectivity index is 1.55. The highest BCUT2D eigenvalue weighted by Crippen LogP contribution is 2.98. The van der Waals surface area contributed by atoms with Gasteiger partial charge >= 0.3 is 5.97 Å². The van der Waals surface area contributed by atoms with Crippen LogP contribution in [0.5, 0.6) is 0 Å². The second-order valence-electron chi connectivity index (χ2n) is 9.97. The minimum Gasteiger partial charge on any atom is -0.456 e. The number of allylic oxidation sites excluding steroid dienone is 4. The van der Waals surface area contributed by atoms with Crippen LogP contribution >= 0.6 is 34.8 Å². The largest absolute Gasteiger partial charge is 0.456 e. The molecule has 1 aromatic carbocycles. The molecular weight excluding hydrogens is 561 g/mol. The second kappa shape index (κ2) is 8.09. The van der Waals surface area contributed by atoms with Crippen molar-refractivity contribution in [3.8, 4) is 0 Å². The summed E-state index contributed by atoms with van der Waals surface area (Å²) in [7, 11) is -4.08. The van der Waals surface area contributed by atoms with E-state index in [9.17, 15) is 18.0 Å². The van der Waals surface area contributed by atoms with Crippen molar-refractivity contribution in [1.29, 1.82) is 0 Å². The molecule has 1 amide bonds. The van der Waals surface area contributed by atoms with Crippen molar-refractivity contribution in [3.05, 3.63) is 71.5 Å². The Morgan fingerprint density at radius 2 is 1.89 bits per heavy atom. The molecule has 1 aromatic rings. The molecule has 3 unspecified atom stereocenters. The van der Waals surface area contributed by atoms with Crippen LogP contribution in [-0.2, 0) is 34.3 Å². The van der Waals surface area contributed by atoms with Crippen LogP contribution in [-0.4, -0.2) is 58.4 Å². The predicted octanol–water partition coefficient (Wildman–Crippen LogP) is 4.14. The summed E-state index contributed by atoms with van der Waals surface area (Å²) in [5.74, 6) is -1.54. The Kier molecular flexibility index (Phi) is 5.56. The molecule has 3 fully saturated rings. The van der Waals surface area contributed by atoms with Gasteiger partial charge in [0.25, 0.3) is 5.91 Å². The third-order valence-electron chi connectivity index (χ3n) is 8.38. The number of halogens is 3. The smallest absolute Gasteiger partial charge is 0.354 e. The monoisotopic (exact) mass is 583 g/mol. The lowest BCUT2D eigenvalue weighted by atomic mass is 9.89. The number of hydrogen-bond donors (Lipinski definition) is 0. The first-order valence-electron chi connectivity index (χ1n) is 12.1. The molecule has 5 atom stereocenters. The van der Waals surface area contributed by atoms with E-state index >= 15 is 0 Å². The van der Waals surface area contributed by atoms with Crippen molar-refractivity contribution in [3.63, 3.8) is 0 Å². The van der Waals surface area contributed by atoms with E-state index in [4.69, 9.17) is 44.3 Å². The minimum absolute atomic E-state index is 0.142. The quantitative estimate of drug-likeness (QED) is 0.284. The van der Waals surface area contributed by atoms with Crippen LogP contribution in [0, 0.1) is 5.41 Å². The maximum Gasteiger partial charge on any atom is 0.354 e. The van der Waals surface area contributed by atoms with E-state index < -0.39 is 59.2 Å². The van der Waals surface area contributed by atoms with Gasteiger partial charge in [0.05, 0.1) is 0 Å². The van der Waals surface area contributed by atoms with E-state index in [0.717, 1.165) is 28.9 Å². The Hall–Kier alpha value is -1.84. The number of β-lactam (4-membered cyclic amide) rings is 1. The van der Waals surface area contributed by atoms with Crippen molar-refractivity contribution in [2.24, 2.45) is 5.41 Å². The molecule has 2 saturated carbocycles. The molecule has 3 aliphatic carbocycles. The van der Waals surface area contributed by atoms with Gasteiger partial charge in [-0.2, -0.15) is 0 Å². The lowest BCUT2D eigenvalue weighted by molar-refractivity contribution is -0.166. The Bertz CT molecular complexity index is 1400. The molecule has 0 radical (unpaired) electrons. The van der Waals surface area contributed by atoms with Gasteiger partial charge in [-0.1, -0.05) is 83.4 Å². The fraction of sp³-hybridized carbons (Fsp3) is 0.462. The van der Waals surface area contributed by atoms with Crippen molar-refractivity contribution in [2.75, 3.05) is 13.2 Å². The summed E-state index contributed by atoms with van der Waals surface area (Å²) in [4.78, 5) is 27.3. The normalized spacial score (nSPS) is 36.6. The van der Waals surface area contributed by atoms with E-state index in [0.29, 0.717) is 6.42 Å². The molecule has 0 aromatic heterocycles. The standard InChI is InChI=1S/C26H24Cl3NO6S/c1-2-35-19-20(31)30-18(22(32)36-15-26(27,28)29)13-25(37(33,34)21(19)30)23(16-9-5-3-6-10-16)14-24(23,25)17-11-7-4-8-12-17/h3,5-7,9-13,19,21H,2,4,8,14-15H2,1H3/t19-,21-,23?,24?,25?/m0/s1. The summed E-state index contributed by atoms with van der Waals surface area (Å²) in [5.41, 5.74) is 0.103. The average molecular weight is 585 g/mol. The molecule has 5 aliphatic rings. The van der Waals surface area contributed by atoms with Gasteiger partial charge < -0.3 is 9.47 Å². The van der Waals surface area contributed by atoms with Gasteiger partial charge in [0.15, 0.2) is 21.3 Å². The summed E-state index contributed by atoms with van der Waals surface area (Å²) in [5, 5.41) is -1.35. The van der Waals surface area contributed by atoms with Crippen LogP contribution in [0.2, 0.25) is 0 Å². The van der Waals surface area contributed by atoms with Crippen LogP contribution in [0.4, 0.5) is 0 Å². The van der Waals surface area contributed by atoms with E-state index in [1.54, 1.807) is 6.92 Å². The third kappa shape index (κ3) is 3.02. The zero-order chi connectivity index (χ0) is 26.4. The number of rotatable bonds is 6. The first-order chi connectivity index (χ1) is 17.5. The molecular formula is C26H24Cl3NO6S. The summed E-state index contributed by atoms with van der Waals surface area (Å²) < 4.78 is 36.6. The lowest BCUT2D eigenvalue weighted by Crippen LogP contribution is -2.73. The summed E-state index contributed by atoms with van der Waals surface area (Å²) in [6.45, 7) is 1.27. The molecule has 196 valence electrons. The SMILES string of the molecule is CCO[C@H]1C(=O)N2C(C(=O)OCC(Cl)(Cl)Cl)=CC3(C4(C5=CCCC=C5)CC43c3ccccc3)S(=O)(=O)[C@@H]12. The fourth-order valence-electron chi connectivity index (χ4n) is 6.95. The number of sulfone groups is 1. The second-order valence-corrected chi connectivity index (χ2v) is 14.7. The van der Waals surface area contributed by atoms with Gasteiger partial charge in [-0.3, -0.25) is 9.69 Å². The molecule has 6 rings (SSSR count). The topological polar surface area (TPSA) is 90.0 Å². The Morgan fingerprint density at radius 3 is 2.51 bits per heavy atom. The molecule has 2 aliphatic heterocycles. The molecule has 2 heterocycles. The third-order valence-corrected chi connectivity index (χ3v) is 11.5. The number of nitrogens with zero attached hydrogens (tertiary/aromatic N) is 1. The van der Waals surface area contributed by atoms with Crippen LogP contribution in [0.3, 0.4) is 0 Å². The van der Waals surface area contributed by atoms with E-state index in [1.165, 1.54) is 6.08 Å². The van der Waals surface area contributed by atoms with Crippen molar-refractivity contribution < 1.29 is 27.5 Å². The molecule has 1 spiro atoms. The highest BCUT2D eigenvalue weighted by atomic mass is 35.6. The fourth-order valence-corrected chi connectivity index (χ4v) is 10.4. The van der Waals surface area contributed by atoms with E-state index in [-0.39, 0.29) is 12.3 Å². The van der Waals surface area contributed by atoms with Crippen molar-refractivity contribution >= 4 is 56.5 Å². The number of amides is 1. The molecule has 0 N–H and O–H groups in total. The van der Waals surface area contributed by atoms with E-state index in [1.807, 2.05) is 42.5 Å². The number of carbonyl (C=O) groups excluding carboxylic acids is 2. The van der Waals surface area contributed by atoms with Gasteiger partial charge in [0, 0.05) is 17.4 Å². The van der Waals surface area contributed by atoms with Crippen molar-refractivity contribution in [1.82, 2.24) is 4.90 Å². The van der Waals surface area contributed by atoms with Gasteiger partial charge in [-0.25, -0.2) is 13.2 Å². The Labute approximate surface area is 229 Å². The predicted molar refractivity (Wildman–Crippen MR) is 139 cm³/mol. The molecule has 37 heavy (non-hydrogen) atoms. The summed E-state index contributed by atoms with van der Waals surface area (Å²) in [6, 6.07) is 9.48. The van der Waals surface area contributed by atoms with Gasteiger partial charge in [0.1, 0.15) is 17.1 Å². The number of alkyl halides is 3. The molecule has 0 bridgehead atoms. The zero-order valence-corrected chi connectivity index (χ0v) is 22.9.